The summed E-state index contributed by atoms with van der Waals surface area (Å²) in [5.74, 6) is 1.17. The highest BCUT2D eigenvalue weighted by molar-refractivity contribution is 5.89. The summed E-state index contributed by atoms with van der Waals surface area (Å²) in [6.07, 6.45) is 3.52. The van der Waals surface area contributed by atoms with Crippen molar-refractivity contribution in [3.63, 3.8) is 0 Å². The second-order valence-corrected chi connectivity index (χ2v) is 6.80. The van der Waals surface area contributed by atoms with E-state index in [0.29, 0.717) is 29.0 Å². The average molecular weight is 311 g/mol. The van der Waals surface area contributed by atoms with E-state index >= 15 is 0 Å². The fourth-order valence-electron chi connectivity index (χ4n) is 2.89. The number of pyridine rings is 1. The zero-order chi connectivity index (χ0) is 16.6. The minimum atomic E-state index is -0.0951. The van der Waals surface area contributed by atoms with Gasteiger partial charge in [-0.25, -0.2) is 15.0 Å². The molecule has 1 aliphatic rings. The normalized spacial score (nSPS) is 23.4. The van der Waals surface area contributed by atoms with Crippen molar-refractivity contribution >= 4 is 22.7 Å². The first kappa shape index (κ1) is 15.4. The average Bonchev–Trinajstić information content (AvgIpc) is 2.45. The Morgan fingerprint density at radius 3 is 2.74 bits per heavy atom. The van der Waals surface area contributed by atoms with Crippen LogP contribution in [0.15, 0.2) is 12.3 Å². The number of nitrogens with zero attached hydrogens (tertiary/aromatic N) is 4. The molecule has 4 N–H and O–H groups in total. The molecule has 0 atom stereocenters. The number of anilines is 2. The van der Waals surface area contributed by atoms with Crippen molar-refractivity contribution in [2.45, 2.75) is 51.2 Å². The molecule has 2 heterocycles. The maximum Gasteiger partial charge on any atom is 0.223 e. The fourth-order valence-corrected chi connectivity index (χ4v) is 2.89. The van der Waals surface area contributed by atoms with Gasteiger partial charge in [-0.05, 0) is 39.7 Å². The molecule has 0 spiro atoms. The molecule has 7 nitrogen and oxygen atoms in total. The molecule has 23 heavy (non-hydrogen) atoms. The van der Waals surface area contributed by atoms with Crippen molar-refractivity contribution < 1.29 is 0 Å². The second-order valence-electron chi connectivity index (χ2n) is 6.80. The van der Waals surface area contributed by atoms with Crippen LogP contribution in [0.2, 0.25) is 0 Å². The van der Waals surface area contributed by atoms with E-state index in [1.807, 2.05) is 20.8 Å². The number of fused-ring (bicyclic) bond motifs is 1. The Kier molecular flexibility index (Phi) is 3.78. The summed E-state index contributed by atoms with van der Waals surface area (Å²) in [5.41, 5.74) is 7.00. The van der Waals surface area contributed by atoms with Gasteiger partial charge >= 0.3 is 0 Å². The lowest BCUT2D eigenvalue weighted by atomic mass is 9.75. The lowest BCUT2D eigenvalue weighted by Crippen LogP contribution is -2.54. The van der Waals surface area contributed by atoms with Gasteiger partial charge in [-0.15, -0.1) is 0 Å². The first-order valence-corrected chi connectivity index (χ1v) is 7.76. The van der Waals surface area contributed by atoms with E-state index in [-0.39, 0.29) is 11.6 Å². The molecule has 0 aliphatic heterocycles. The SMILES string of the molecule is CC(C)Nc1nc(C#N)cc2cnc(N[C@H]3C[C@](C)(N)C3)nc12. The number of aromatic nitrogens is 3. The number of hydrogen-bond donors (Lipinski definition) is 3. The van der Waals surface area contributed by atoms with Crippen LogP contribution in [-0.4, -0.2) is 32.6 Å². The number of nitrogens with two attached hydrogens (primary N) is 1. The van der Waals surface area contributed by atoms with Crippen molar-refractivity contribution in [3.8, 4) is 6.07 Å². The molecule has 0 bridgehead atoms. The molecule has 0 unspecified atom stereocenters. The van der Waals surface area contributed by atoms with Crippen LogP contribution in [0.3, 0.4) is 0 Å². The predicted octanol–water partition coefficient (Wildman–Crippen LogP) is 2.01. The topological polar surface area (TPSA) is 113 Å². The van der Waals surface area contributed by atoms with Gasteiger partial charge in [-0.3, -0.25) is 0 Å². The van der Waals surface area contributed by atoms with Gasteiger partial charge in [0.2, 0.25) is 5.95 Å². The van der Waals surface area contributed by atoms with E-state index in [4.69, 9.17) is 11.0 Å². The van der Waals surface area contributed by atoms with Gasteiger partial charge in [-0.1, -0.05) is 0 Å². The van der Waals surface area contributed by atoms with E-state index in [0.717, 1.165) is 18.2 Å². The number of nitrogens with one attached hydrogen (secondary N) is 2. The van der Waals surface area contributed by atoms with Gasteiger partial charge in [0.15, 0.2) is 5.82 Å². The van der Waals surface area contributed by atoms with Crippen LogP contribution in [0.1, 0.15) is 39.3 Å². The van der Waals surface area contributed by atoms with Crippen LogP contribution in [0.5, 0.6) is 0 Å². The summed E-state index contributed by atoms with van der Waals surface area (Å²) in [6.45, 7) is 6.08. The monoisotopic (exact) mass is 311 g/mol. The van der Waals surface area contributed by atoms with Crippen molar-refractivity contribution in [2.24, 2.45) is 5.73 Å². The first-order chi connectivity index (χ1) is 10.9. The van der Waals surface area contributed by atoms with Gasteiger partial charge in [0.05, 0.1) is 0 Å². The van der Waals surface area contributed by atoms with Crippen molar-refractivity contribution in [1.82, 2.24) is 15.0 Å². The fraction of sp³-hybridized carbons (Fsp3) is 0.500. The molecule has 0 amide bonds. The van der Waals surface area contributed by atoms with Crippen molar-refractivity contribution in [2.75, 3.05) is 10.6 Å². The number of nitriles is 1. The number of rotatable bonds is 4. The summed E-state index contributed by atoms with van der Waals surface area (Å²) < 4.78 is 0. The van der Waals surface area contributed by atoms with Crippen molar-refractivity contribution in [1.29, 1.82) is 5.26 Å². The van der Waals surface area contributed by atoms with Gasteiger partial charge in [0.25, 0.3) is 0 Å². The van der Waals surface area contributed by atoms with Gasteiger partial charge < -0.3 is 16.4 Å². The van der Waals surface area contributed by atoms with E-state index in [2.05, 4.69) is 31.7 Å². The molecule has 0 aromatic carbocycles. The molecule has 1 saturated carbocycles. The molecule has 1 fully saturated rings. The molecule has 120 valence electrons. The Morgan fingerprint density at radius 2 is 2.13 bits per heavy atom. The molecule has 1 aliphatic carbocycles. The molecular weight excluding hydrogens is 290 g/mol. The van der Waals surface area contributed by atoms with E-state index in [1.54, 1.807) is 12.3 Å². The summed E-state index contributed by atoms with van der Waals surface area (Å²) >= 11 is 0. The van der Waals surface area contributed by atoms with Crippen LogP contribution in [-0.2, 0) is 0 Å². The zero-order valence-electron chi connectivity index (χ0n) is 13.6. The van der Waals surface area contributed by atoms with Crippen LogP contribution in [0, 0.1) is 11.3 Å². The van der Waals surface area contributed by atoms with Crippen LogP contribution in [0.4, 0.5) is 11.8 Å². The number of hydrogen-bond acceptors (Lipinski definition) is 7. The Hall–Kier alpha value is -2.46. The van der Waals surface area contributed by atoms with E-state index in [9.17, 15) is 0 Å². The standard InChI is InChI=1S/C16H21N7/c1-9(2)20-14-13-10(4-11(7-17)21-14)8-19-15(23-13)22-12-5-16(3,18)6-12/h4,8-9,12H,5-6,18H2,1-3H3,(H,20,21)(H,19,22,23)/t12-,16-. The van der Waals surface area contributed by atoms with E-state index in [1.165, 1.54) is 0 Å². The third kappa shape index (κ3) is 3.32. The molecule has 2 aromatic rings. The van der Waals surface area contributed by atoms with Gasteiger partial charge in [0, 0.05) is 29.2 Å². The maximum atomic E-state index is 9.11. The Morgan fingerprint density at radius 1 is 1.39 bits per heavy atom. The largest absolute Gasteiger partial charge is 0.366 e. The lowest BCUT2D eigenvalue weighted by Gasteiger charge is -2.42. The molecule has 7 heteroatoms. The highest BCUT2D eigenvalue weighted by Crippen LogP contribution is 2.31. The quantitative estimate of drug-likeness (QED) is 0.791. The molecular formula is C16H21N7. The van der Waals surface area contributed by atoms with Gasteiger partial charge in [0.1, 0.15) is 17.3 Å². The predicted molar refractivity (Wildman–Crippen MR) is 90.0 cm³/mol. The minimum absolute atomic E-state index is 0.0951. The Labute approximate surface area is 135 Å². The first-order valence-electron chi connectivity index (χ1n) is 7.76. The summed E-state index contributed by atoms with van der Waals surface area (Å²) in [5, 5.41) is 16.5. The lowest BCUT2D eigenvalue weighted by molar-refractivity contribution is 0.247. The third-order valence-electron chi connectivity index (χ3n) is 3.86. The molecule has 3 rings (SSSR count). The summed E-state index contributed by atoms with van der Waals surface area (Å²) in [7, 11) is 0. The highest BCUT2D eigenvalue weighted by atomic mass is 15.1. The Bertz CT molecular complexity index is 768. The van der Waals surface area contributed by atoms with Crippen LogP contribution in [0.25, 0.3) is 10.9 Å². The third-order valence-corrected chi connectivity index (χ3v) is 3.86. The van der Waals surface area contributed by atoms with Crippen LogP contribution >= 0.6 is 0 Å². The molecule has 0 radical (unpaired) electrons. The van der Waals surface area contributed by atoms with E-state index < -0.39 is 0 Å². The minimum Gasteiger partial charge on any atom is -0.366 e. The van der Waals surface area contributed by atoms with Gasteiger partial charge in [-0.2, -0.15) is 5.26 Å². The molecule has 2 aromatic heterocycles. The maximum absolute atomic E-state index is 9.11. The molecule has 0 saturated heterocycles. The highest BCUT2D eigenvalue weighted by Gasteiger charge is 2.37. The van der Waals surface area contributed by atoms with Crippen molar-refractivity contribution in [3.05, 3.63) is 18.0 Å². The summed E-state index contributed by atoms with van der Waals surface area (Å²) in [6, 6.07) is 4.26. The smallest absolute Gasteiger partial charge is 0.223 e. The summed E-state index contributed by atoms with van der Waals surface area (Å²) in [4.78, 5) is 13.2. The van der Waals surface area contributed by atoms with Crippen LogP contribution < -0.4 is 16.4 Å². The second kappa shape index (κ2) is 5.63. The zero-order valence-corrected chi connectivity index (χ0v) is 13.6. The Balaban J connectivity index is 1.92.